The molecule has 0 bridgehead atoms. The van der Waals surface area contributed by atoms with E-state index in [4.69, 9.17) is 4.52 Å². The van der Waals surface area contributed by atoms with E-state index < -0.39 is 0 Å². The van der Waals surface area contributed by atoms with Crippen LogP contribution in [0.3, 0.4) is 0 Å². The average molecular weight is 289 g/mol. The van der Waals surface area contributed by atoms with Crippen LogP contribution < -0.4 is 0 Å². The molecular weight excluding hydrogens is 266 g/mol. The van der Waals surface area contributed by atoms with Gasteiger partial charge in [-0.05, 0) is 39.3 Å². The third-order valence-electron chi connectivity index (χ3n) is 4.01. The number of aromatic nitrogens is 4. The molecule has 0 saturated carbocycles. The van der Waals surface area contributed by atoms with Gasteiger partial charge in [0.25, 0.3) is 0 Å². The molecule has 114 valence electrons. The van der Waals surface area contributed by atoms with Crippen LogP contribution >= 0.6 is 0 Å². The number of aryl methyl sites for hydroxylation is 1. The van der Waals surface area contributed by atoms with Crippen molar-refractivity contribution in [3.63, 3.8) is 0 Å². The Labute approximate surface area is 125 Å². The van der Waals surface area contributed by atoms with Crippen molar-refractivity contribution in [2.45, 2.75) is 58.7 Å². The Morgan fingerprint density at radius 3 is 2.95 bits per heavy atom. The standard InChI is InChI=1S/C15H23N5O/c1-4-14-16-15(18-21-14)13-6-5-8-19(13)10-12-7-9-20(17-12)11(2)3/h7,9,11,13H,4-6,8,10H2,1-3H3. The molecule has 1 fully saturated rings. The SMILES string of the molecule is CCc1nc(C2CCCN2Cc2ccn(C(C)C)n2)no1. The van der Waals surface area contributed by atoms with Crippen LogP contribution in [0.25, 0.3) is 0 Å². The highest BCUT2D eigenvalue weighted by atomic mass is 16.5. The summed E-state index contributed by atoms with van der Waals surface area (Å²) < 4.78 is 7.26. The molecule has 2 aromatic heterocycles. The quantitative estimate of drug-likeness (QED) is 0.847. The van der Waals surface area contributed by atoms with Crippen LogP contribution in [-0.4, -0.2) is 31.4 Å². The van der Waals surface area contributed by atoms with Gasteiger partial charge in [-0.1, -0.05) is 12.1 Å². The second kappa shape index (κ2) is 5.97. The Balaban J connectivity index is 1.71. The van der Waals surface area contributed by atoms with Crippen LogP contribution in [0.2, 0.25) is 0 Å². The van der Waals surface area contributed by atoms with Crippen molar-refractivity contribution in [2.24, 2.45) is 0 Å². The molecule has 2 aromatic rings. The first kappa shape index (κ1) is 14.3. The van der Waals surface area contributed by atoms with E-state index in [1.54, 1.807) is 0 Å². The molecule has 6 heteroatoms. The van der Waals surface area contributed by atoms with Crippen molar-refractivity contribution in [3.8, 4) is 0 Å². The summed E-state index contributed by atoms with van der Waals surface area (Å²) in [5, 5.41) is 8.77. The van der Waals surface area contributed by atoms with Gasteiger partial charge < -0.3 is 4.52 Å². The minimum absolute atomic E-state index is 0.262. The van der Waals surface area contributed by atoms with E-state index in [-0.39, 0.29) is 6.04 Å². The van der Waals surface area contributed by atoms with Gasteiger partial charge in [-0.15, -0.1) is 0 Å². The van der Waals surface area contributed by atoms with E-state index in [1.807, 2.05) is 11.6 Å². The number of likely N-dealkylation sites (tertiary alicyclic amines) is 1. The van der Waals surface area contributed by atoms with E-state index in [1.165, 1.54) is 6.42 Å². The van der Waals surface area contributed by atoms with Gasteiger partial charge in [0.15, 0.2) is 5.82 Å². The van der Waals surface area contributed by atoms with Gasteiger partial charge in [-0.3, -0.25) is 9.58 Å². The summed E-state index contributed by atoms with van der Waals surface area (Å²) in [7, 11) is 0. The van der Waals surface area contributed by atoms with Crippen molar-refractivity contribution < 1.29 is 4.52 Å². The largest absolute Gasteiger partial charge is 0.339 e. The third-order valence-corrected chi connectivity index (χ3v) is 4.01. The van der Waals surface area contributed by atoms with Crippen LogP contribution in [0.4, 0.5) is 0 Å². The van der Waals surface area contributed by atoms with Crippen LogP contribution in [-0.2, 0) is 13.0 Å². The van der Waals surface area contributed by atoms with Crippen LogP contribution in [0.1, 0.15) is 63.1 Å². The lowest BCUT2D eigenvalue weighted by Gasteiger charge is -2.20. The van der Waals surface area contributed by atoms with Gasteiger partial charge in [0, 0.05) is 25.2 Å². The molecular formula is C15H23N5O. The van der Waals surface area contributed by atoms with Crippen molar-refractivity contribution in [1.82, 2.24) is 24.8 Å². The van der Waals surface area contributed by atoms with Crippen molar-refractivity contribution in [1.29, 1.82) is 0 Å². The van der Waals surface area contributed by atoms with E-state index in [0.29, 0.717) is 6.04 Å². The van der Waals surface area contributed by atoms with Gasteiger partial charge in [0.2, 0.25) is 5.89 Å². The van der Waals surface area contributed by atoms with E-state index in [2.05, 4.69) is 46.2 Å². The minimum atomic E-state index is 0.262. The molecule has 3 rings (SSSR count). The fraction of sp³-hybridized carbons (Fsp3) is 0.667. The maximum Gasteiger partial charge on any atom is 0.226 e. The molecule has 1 atom stereocenters. The first-order valence-electron chi connectivity index (χ1n) is 7.78. The Morgan fingerprint density at radius 2 is 2.29 bits per heavy atom. The molecule has 0 radical (unpaired) electrons. The zero-order valence-electron chi connectivity index (χ0n) is 13.0. The summed E-state index contributed by atoms with van der Waals surface area (Å²) in [5.41, 5.74) is 1.11. The normalized spacial score (nSPS) is 19.7. The summed E-state index contributed by atoms with van der Waals surface area (Å²) in [6.45, 7) is 8.22. The van der Waals surface area contributed by atoms with Crippen LogP contribution in [0, 0.1) is 0 Å². The Morgan fingerprint density at radius 1 is 1.43 bits per heavy atom. The average Bonchev–Trinajstić information content (AvgIpc) is 3.18. The van der Waals surface area contributed by atoms with Crippen LogP contribution in [0.5, 0.6) is 0 Å². The molecule has 1 saturated heterocycles. The van der Waals surface area contributed by atoms with Crippen molar-refractivity contribution >= 4 is 0 Å². The lowest BCUT2D eigenvalue weighted by atomic mass is 10.2. The summed E-state index contributed by atoms with van der Waals surface area (Å²) in [6.07, 6.45) is 5.10. The predicted octanol–water partition coefficient (Wildman–Crippen LogP) is 2.75. The molecule has 6 nitrogen and oxygen atoms in total. The zero-order valence-corrected chi connectivity index (χ0v) is 13.0. The summed E-state index contributed by atoms with van der Waals surface area (Å²) in [6, 6.07) is 2.76. The smallest absolute Gasteiger partial charge is 0.226 e. The van der Waals surface area contributed by atoms with E-state index in [0.717, 1.165) is 43.3 Å². The molecule has 0 aliphatic carbocycles. The fourth-order valence-electron chi connectivity index (χ4n) is 2.81. The Kier molecular flexibility index (Phi) is 4.05. The maximum absolute atomic E-state index is 5.25. The Hall–Kier alpha value is -1.69. The summed E-state index contributed by atoms with van der Waals surface area (Å²) in [5.74, 6) is 1.55. The monoisotopic (exact) mass is 289 g/mol. The van der Waals surface area contributed by atoms with Gasteiger partial charge in [-0.2, -0.15) is 10.1 Å². The second-order valence-corrected chi connectivity index (χ2v) is 5.91. The summed E-state index contributed by atoms with van der Waals surface area (Å²) >= 11 is 0. The molecule has 0 amide bonds. The first-order valence-corrected chi connectivity index (χ1v) is 7.78. The zero-order chi connectivity index (χ0) is 14.8. The Bertz CT molecular complexity index is 588. The van der Waals surface area contributed by atoms with E-state index >= 15 is 0 Å². The molecule has 21 heavy (non-hydrogen) atoms. The molecule has 3 heterocycles. The molecule has 0 aromatic carbocycles. The number of hydrogen-bond donors (Lipinski definition) is 0. The number of rotatable bonds is 5. The lowest BCUT2D eigenvalue weighted by molar-refractivity contribution is 0.230. The molecule has 1 aliphatic heterocycles. The third kappa shape index (κ3) is 3.00. The molecule has 1 aliphatic rings. The number of nitrogens with zero attached hydrogens (tertiary/aromatic N) is 5. The second-order valence-electron chi connectivity index (χ2n) is 5.91. The minimum Gasteiger partial charge on any atom is -0.339 e. The highest BCUT2D eigenvalue weighted by Gasteiger charge is 2.30. The van der Waals surface area contributed by atoms with Gasteiger partial charge in [0.1, 0.15) is 0 Å². The van der Waals surface area contributed by atoms with Gasteiger partial charge in [0.05, 0.1) is 11.7 Å². The highest BCUT2D eigenvalue weighted by Crippen LogP contribution is 2.31. The van der Waals surface area contributed by atoms with Gasteiger partial charge >= 0.3 is 0 Å². The lowest BCUT2D eigenvalue weighted by Crippen LogP contribution is -2.24. The molecule has 0 spiro atoms. The van der Waals surface area contributed by atoms with Crippen molar-refractivity contribution in [3.05, 3.63) is 29.7 Å². The fourth-order valence-corrected chi connectivity index (χ4v) is 2.81. The predicted molar refractivity (Wildman–Crippen MR) is 78.7 cm³/mol. The summed E-state index contributed by atoms with van der Waals surface area (Å²) in [4.78, 5) is 6.89. The maximum atomic E-state index is 5.25. The van der Waals surface area contributed by atoms with Crippen LogP contribution in [0.15, 0.2) is 16.8 Å². The van der Waals surface area contributed by atoms with Gasteiger partial charge in [-0.25, -0.2) is 0 Å². The molecule has 1 unspecified atom stereocenters. The first-order chi connectivity index (χ1) is 10.2. The topological polar surface area (TPSA) is 60.0 Å². The highest BCUT2D eigenvalue weighted by molar-refractivity contribution is 5.04. The number of hydrogen-bond acceptors (Lipinski definition) is 5. The van der Waals surface area contributed by atoms with E-state index in [9.17, 15) is 0 Å². The van der Waals surface area contributed by atoms with Crippen molar-refractivity contribution in [2.75, 3.05) is 6.54 Å². The molecule has 0 N–H and O–H groups in total.